The van der Waals surface area contributed by atoms with E-state index in [1.165, 1.54) is 0 Å². The number of nitriles is 1. The molecule has 102 valence electrons. The fourth-order valence-corrected chi connectivity index (χ4v) is 1.96. The van der Waals surface area contributed by atoms with Gasteiger partial charge in [-0.3, -0.25) is 0 Å². The van der Waals surface area contributed by atoms with Gasteiger partial charge in [0.25, 0.3) is 0 Å². The average Bonchev–Trinajstić information content (AvgIpc) is 2.44. The molecule has 0 amide bonds. The van der Waals surface area contributed by atoms with Crippen molar-refractivity contribution in [2.45, 2.75) is 0 Å². The lowest BCUT2D eigenvalue weighted by molar-refractivity contribution is 0.333. The largest absolute Gasteiger partial charge is 0.492 e. The summed E-state index contributed by atoms with van der Waals surface area (Å²) in [4.78, 5) is 0. The van der Waals surface area contributed by atoms with Crippen molar-refractivity contribution in [2.24, 2.45) is 0 Å². The third-order valence-corrected chi connectivity index (χ3v) is 2.98. The normalized spacial score (nSPS) is 9.80. The summed E-state index contributed by atoms with van der Waals surface area (Å²) in [6.45, 7) is 1.02. The van der Waals surface area contributed by atoms with Gasteiger partial charge in [-0.2, -0.15) is 5.26 Å². The van der Waals surface area contributed by atoms with Crippen molar-refractivity contribution in [1.29, 1.82) is 5.26 Å². The maximum Gasteiger partial charge on any atom is 0.121 e. The maximum absolute atomic E-state index is 9.04. The lowest BCUT2D eigenvalue weighted by atomic mass is 10.2. The SMILES string of the molecule is N#Cc1c(Cl)cccc1NCCOc1cccc(N)c1. The maximum atomic E-state index is 9.04. The van der Waals surface area contributed by atoms with E-state index < -0.39 is 0 Å². The van der Waals surface area contributed by atoms with Crippen LogP contribution in [0.15, 0.2) is 42.5 Å². The molecule has 0 saturated heterocycles. The molecule has 2 aromatic rings. The Labute approximate surface area is 122 Å². The highest BCUT2D eigenvalue weighted by Gasteiger charge is 2.05. The van der Waals surface area contributed by atoms with Gasteiger partial charge in [0, 0.05) is 18.3 Å². The molecule has 0 aliphatic heterocycles. The van der Waals surface area contributed by atoms with Crippen molar-refractivity contribution in [3.05, 3.63) is 53.1 Å². The van der Waals surface area contributed by atoms with Gasteiger partial charge in [0.15, 0.2) is 0 Å². The second-order valence-corrected chi connectivity index (χ2v) is 4.53. The Morgan fingerprint density at radius 2 is 2.05 bits per heavy atom. The quantitative estimate of drug-likeness (QED) is 0.654. The van der Waals surface area contributed by atoms with E-state index in [1.807, 2.05) is 18.2 Å². The van der Waals surface area contributed by atoms with Crippen molar-refractivity contribution in [2.75, 3.05) is 24.2 Å². The highest BCUT2D eigenvalue weighted by atomic mass is 35.5. The first kappa shape index (κ1) is 14.0. The van der Waals surface area contributed by atoms with Gasteiger partial charge in [0.2, 0.25) is 0 Å². The Morgan fingerprint density at radius 3 is 2.80 bits per heavy atom. The summed E-state index contributed by atoms with van der Waals surface area (Å²) in [5.74, 6) is 0.721. The van der Waals surface area contributed by atoms with Gasteiger partial charge < -0.3 is 15.8 Å². The second kappa shape index (κ2) is 6.69. The first-order valence-corrected chi connectivity index (χ1v) is 6.49. The molecule has 0 fully saturated rings. The summed E-state index contributed by atoms with van der Waals surface area (Å²) in [7, 11) is 0. The molecule has 20 heavy (non-hydrogen) atoms. The molecule has 0 bridgehead atoms. The molecule has 0 unspecified atom stereocenters. The zero-order valence-electron chi connectivity index (χ0n) is 10.8. The molecular formula is C15H14ClN3O. The number of nitrogens with one attached hydrogen (secondary N) is 1. The van der Waals surface area contributed by atoms with Crippen LogP contribution in [0.25, 0.3) is 0 Å². The number of halogens is 1. The van der Waals surface area contributed by atoms with Crippen molar-refractivity contribution in [3.8, 4) is 11.8 Å². The fourth-order valence-electron chi connectivity index (χ4n) is 1.74. The predicted molar refractivity (Wildman–Crippen MR) is 81.0 cm³/mol. The standard InChI is InChI=1S/C15H14ClN3O/c16-14-5-2-6-15(13(14)10-17)19-7-8-20-12-4-1-3-11(18)9-12/h1-6,9,19H,7-8,18H2. The molecule has 5 heteroatoms. The molecule has 2 rings (SSSR count). The minimum atomic E-state index is 0.439. The van der Waals surface area contributed by atoms with E-state index >= 15 is 0 Å². The van der Waals surface area contributed by atoms with E-state index in [9.17, 15) is 0 Å². The number of nitrogens with zero attached hydrogens (tertiary/aromatic N) is 1. The zero-order chi connectivity index (χ0) is 14.4. The molecule has 0 aliphatic carbocycles. The van der Waals surface area contributed by atoms with Gasteiger partial charge in [-0.1, -0.05) is 23.7 Å². The Morgan fingerprint density at radius 1 is 1.25 bits per heavy atom. The number of benzene rings is 2. The summed E-state index contributed by atoms with van der Waals surface area (Å²) >= 11 is 5.95. The summed E-state index contributed by atoms with van der Waals surface area (Å²) in [5.41, 5.74) is 7.47. The molecular weight excluding hydrogens is 274 g/mol. The predicted octanol–water partition coefficient (Wildman–Crippen LogP) is 3.28. The Hall–Kier alpha value is -2.38. The van der Waals surface area contributed by atoms with Gasteiger partial charge in [-0.25, -0.2) is 0 Å². The minimum Gasteiger partial charge on any atom is -0.492 e. The lowest BCUT2D eigenvalue weighted by Gasteiger charge is -2.10. The topological polar surface area (TPSA) is 71.1 Å². The molecule has 4 nitrogen and oxygen atoms in total. The third-order valence-electron chi connectivity index (χ3n) is 2.67. The number of anilines is 2. The Bertz CT molecular complexity index is 637. The highest BCUT2D eigenvalue weighted by Crippen LogP contribution is 2.23. The van der Waals surface area contributed by atoms with Gasteiger partial charge in [0.1, 0.15) is 18.4 Å². The zero-order valence-corrected chi connectivity index (χ0v) is 11.5. The van der Waals surface area contributed by atoms with E-state index in [0.29, 0.717) is 35.1 Å². The first-order chi connectivity index (χ1) is 9.70. The average molecular weight is 288 g/mol. The van der Waals surface area contributed by atoms with Crippen LogP contribution in [0.2, 0.25) is 5.02 Å². The minimum absolute atomic E-state index is 0.439. The summed E-state index contributed by atoms with van der Waals surface area (Å²) in [6.07, 6.45) is 0. The van der Waals surface area contributed by atoms with Crippen LogP contribution in [0, 0.1) is 11.3 Å². The Balaban J connectivity index is 1.88. The van der Waals surface area contributed by atoms with E-state index in [2.05, 4.69) is 11.4 Å². The van der Waals surface area contributed by atoms with Crippen LogP contribution in [0.3, 0.4) is 0 Å². The molecule has 0 saturated carbocycles. The van der Waals surface area contributed by atoms with Crippen molar-refractivity contribution in [1.82, 2.24) is 0 Å². The van der Waals surface area contributed by atoms with Crippen LogP contribution in [0.4, 0.5) is 11.4 Å². The smallest absolute Gasteiger partial charge is 0.121 e. The molecule has 0 heterocycles. The van der Waals surface area contributed by atoms with Gasteiger partial charge in [-0.05, 0) is 24.3 Å². The van der Waals surface area contributed by atoms with E-state index in [0.717, 1.165) is 5.75 Å². The molecule has 3 N–H and O–H groups in total. The molecule has 0 aromatic heterocycles. The van der Waals surface area contributed by atoms with Gasteiger partial charge in [-0.15, -0.1) is 0 Å². The number of rotatable bonds is 5. The van der Waals surface area contributed by atoms with Crippen molar-refractivity contribution >= 4 is 23.0 Å². The first-order valence-electron chi connectivity index (χ1n) is 6.11. The summed E-state index contributed by atoms with van der Waals surface area (Å²) < 4.78 is 5.55. The Kier molecular flexibility index (Phi) is 4.70. The number of nitrogens with two attached hydrogens (primary N) is 1. The van der Waals surface area contributed by atoms with E-state index in [1.54, 1.807) is 24.3 Å². The van der Waals surface area contributed by atoms with Crippen LogP contribution in [0.5, 0.6) is 5.75 Å². The molecule has 0 radical (unpaired) electrons. The van der Waals surface area contributed by atoms with Crippen LogP contribution >= 0.6 is 11.6 Å². The second-order valence-electron chi connectivity index (χ2n) is 4.12. The van der Waals surface area contributed by atoms with E-state index in [-0.39, 0.29) is 0 Å². The number of hydrogen-bond acceptors (Lipinski definition) is 4. The summed E-state index contributed by atoms with van der Waals surface area (Å²) in [5, 5.41) is 12.6. The highest BCUT2D eigenvalue weighted by molar-refractivity contribution is 6.32. The number of nitrogen functional groups attached to an aromatic ring is 1. The van der Waals surface area contributed by atoms with Gasteiger partial charge >= 0.3 is 0 Å². The van der Waals surface area contributed by atoms with Gasteiger partial charge in [0.05, 0.1) is 16.3 Å². The van der Waals surface area contributed by atoms with Crippen LogP contribution in [-0.4, -0.2) is 13.2 Å². The molecule has 0 aliphatic rings. The van der Waals surface area contributed by atoms with Crippen molar-refractivity contribution in [3.63, 3.8) is 0 Å². The number of hydrogen-bond donors (Lipinski definition) is 2. The molecule has 0 atom stereocenters. The molecule has 2 aromatic carbocycles. The summed E-state index contributed by atoms with van der Waals surface area (Å²) in [6, 6.07) is 14.6. The third kappa shape index (κ3) is 3.56. The van der Waals surface area contributed by atoms with Crippen molar-refractivity contribution < 1.29 is 4.74 Å². The van der Waals surface area contributed by atoms with Crippen LogP contribution in [0.1, 0.15) is 5.56 Å². The van der Waals surface area contributed by atoms with Crippen LogP contribution < -0.4 is 15.8 Å². The molecule has 0 spiro atoms. The van der Waals surface area contributed by atoms with E-state index in [4.69, 9.17) is 27.3 Å². The fraction of sp³-hybridized carbons (Fsp3) is 0.133. The lowest BCUT2D eigenvalue weighted by Crippen LogP contribution is -2.12. The monoisotopic (exact) mass is 287 g/mol. The number of ether oxygens (including phenoxy) is 1. The van der Waals surface area contributed by atoms with Crippen LogP contribution in [-0.2, 0) is 0 Å².